The van der Waals surface area contributed by atoms with Crippen molar-refractivity contribution in [3.05, 3.63) is 34.6 Å². The van der Waals surface area contributed by atoms with E-state index in [1.54, 1.807) is 12.1 Å². The zero-order valence-corrected chi connectivity index (χ0v) is 8.37. The molecular formula is C10H12FNS. The molecule has 1 atom stereocenters. The van der Waals surface area contributed by atoms with E-state index in [4.69, 9.17) is 0 Å². The summed E-state index contributed by atoms with van der Waals surface area (Å²) in [5, 5.41) is 0. The molecule has 1 unspecified atom stereocenters. The van der Waals surface area contributed by atoms with Crippen LogP contribution in [0.25, 0.3) is 0 Å². The lowest BCUT2D eigenvalue weighted by Gasteiger charge is -2.12. The van der Waals surface area contributed by atoms with Crippen LogP contribution in [0, 0.1) is 12.7 Å². The zero-order valence-electron chi connectivity index (χ0n) is 7.47. The van der Waals surface area contributed by atoms with Crippen molar-refractivity contribution in [3.63, 3.8) is 0 Å². The number of benzene rings is 1. The Morgan fingerprint density at radius 1 is 1.54 bits per heavy atom. The number of aryl methyl sites for hydroxylation is 2. The second-order valence-corrected chi connectivity index (χ2v) is 3.77. The molecule has 1 aromatic carbocycles. The van der Waals surface area contributed by atoms with Gasteiger partial charge in [-0.05, 0) is 48.6 Å². The van der Waals surface area contributed by atoms with E-state index in [1.165, 1.54) is 5.56 Å². The highest BCUT2D eigenvalue weighted by molar-refractivity contribution is 7.78. The van der Waals surface area contributed by atoms with Crippen LogP contribution in [-0.4, -0.2) is 0 Å². The molecule has 2 rings (SSSR count). The fraction of sp³-hybridized carbons (Fsp3) is 0.400. The summed E-state index contributed by atoms with van der Waals surface area (Å²) in [5.41, 5.74) is 3.39. The second-order valence-electron chi connectivity index (χ2n) is 3.52. The number of hydrogen-bond acceptors (Lipinski definition) is 2. The van der Waals surface area contributed by atoms with Gasteiger partial charge in [0.2, 0.25) is 0 Å². The summed E-state index contributed by atoms with van der Waals surface area (Å²) in [6.07, 6.45) is 1.97. The zero-order chi connectivity index (χ0) is 9.42. The Hall–Kier alpha value is -0.540. The lowest BCUT2D eigenvalue weighted by atomic mass is 10.0. The predicted molar refractivity (Wildman–Crippen MR) is 54.3 cm³/mol. The highest BCUT2D eigenvalue weighted by Crippen LogP contribution is 2.34. The van der Waals surface area contributed by atoms with Gasteiger partial charge in [-0.3, -0.25) is 4.72 Å². The minimum absolute atomic E-state index is 0.129. The van der Waals surface area contributed by atoms with E-state index in [2.05, 4.69) is 17.5 Å². The van der Waals surface area contributed by atoms with Crippen LogP contribution < -0.4 is 4.72 Å². The molecule has 0 bridgehead atoms. The molecular weight excluding hydrogens is 185 g/mol. The molecule has 3 heteroatoms. The Kier molecular flexibility index (Phi) is 2.30. The summed E-state index contributed by atoms with van der Waals surface area (Å²) in [5.74, 6) is -0.129. The first-order valence-corrected chi connectivity index (χ1v) is 4.85. The third-order valence-electron chi connectivity index (χ3n) is 2.64. The highest BCUT2D eigenvalue weighted by atomic mass is 32.1. The third-order valence-corrected chi connectivity index (χ3v) is 2.96. The third kappa shape index (κ3) is 1.46. The van der Waals surface area contributed by atoms with Gasteiger partial charge in [0, 0.05) is 6.04 Å². The Bertz CT molecular complexity index is 338. The van der Waals surface area contributed by atoms with Crippen molar-refractivity contribution in [2.24, 2.45) is 0 Å². The molecule has 1 N–H and O–H groups in total. The van der Waals surface area contributed by atoms with Gasteiger partial charge in [0.05, 0.1) is 0 Å². The lowest BCUT2D eigenvalue weighted by molar-refractivity contribution is 0.624. The quantitative estimate of drug-likeness (QED) is 0.659. The molecule has 0 aliphatic heterocycles. The van der Waals surface area contributed by atoms with Crippen molar-refractivity contribution < 1.29 is 4.39 Å². The lowest BCUT2D eigenvalue weighted by Crippen LogP contribution is -2.08. The van der Waals surface area contributed by atoms with Crippen LogP contribution in [0.15, 0.2) is 12.1 Å². The van der Waals surface area contributed by atoms with Gasteiger partial charge in [0.25, 0.3) is 0 Å². The number of rotatable bonds is 1. The average molecular weight is 197 g/mol. The summed E-state index contributed by atoms with van der Waals surface area (Å²) < 4.78 is 16.0. The van der Waals surface area contributed by atoms with Crippen LogP contribution in [-0.2, 0) is 6.42 Å². The van der Waals surface area contributed by atoms with E-state index in [9.17, 15) is 4.39 Å². The summed E-state index contributed by atoms with van der Waals surface area (Å²) in [4.78, 5) is 0. The van der Waals surface area contributed by atoms with Gasteiger partial charge in [-0.1, -0.05) is 12.8 Å². The molecule has 0 amide bonds. The van der Waals surface area contributed by atoms with Gasteiger partial charge in [-0.2, -0.15) is 0 Å². The van der Waals surface area contributed by atoms with Crippen LogP contribution in [0.1, 0.15) is 29.2 Å². The first-order chi connectivity index (χ1) is 6.22. The Labute approximate surface area is 82.9 Å². The number of nitrogens with one attached hydrogen (secondary N) is 1. The van der Waals surface area contributed by atoms with Crippen LogP contribution in [0.4, 0.5) is 4.39 Å². The fourth-order valence-electron chi connectivity index (χ4n) is 2.10. The molecule has 0 aromatic heterocycles. The van der Waals surface area contributed by atoms with Crippen LogP contribution in [0.2, 0.25) is 0 Å². The van der Waals surface area contributed by atoms with Gasteiger partial charge in [0.15, 0.2) is 0 Å². The van der Waals surface area contributed by atoms with E-state index in [-0.39, 0.29) is 5.82 Å². The molecule has 0 fully saturated rings. The van der Waals surface area contributed by atoms with Gasteiger partial charge in [0.1, 0.15) is 5.82 Å². The second kappa shape index (κ2) is 3.31. The van der Waals surface area contributed by atoms with Crippen molar-refractivity contribution in [1.82, 2.24) is 4.72 Å². The Balaban J connectivity index is 2.51. The smallest absolute Gasteiger partial charge is 0.123 e. The topological polar surface area (TPSA) is 12.0 Å². The maximum Gasteiger partial charge on any atom is 0.123 e. The Morgan fingerprint density at radius 2 is 2.31 bits per heavy atom. The van der Waals surface area contributed by atoms with Gasteiger partial charge in [-0.15, -0.1) is 0 Å². The van der Waals surface area contributed by atoms with E-state index in [1.807, 2.05) is 6.92 Å². The van der Waals surface area contributed by atoms with Gasteiger partial charge < -0.3 is 0 Å². The Morgan fingerprint density at radius 3 is 3.00 bits per heavy atom. The molecule has 0 saturated heterocycles. The first-order valence-electron chi connectivity index (χ1n) is 4.41. The SMILES string of the molecule is Cc1cc(F)cc2c1C(NS)CC2. The molecule has 0 saturated carbocycles. The van der Waals surface area contributed by atoms with Crippen LogP contribution >= 0.6 is 12.8 Å². The highest BCUT2D eigenvalue weighted by Gasteiger charge is 2.23. The number of hydrogen-bond donors (Lipinski definition) is 2. The molecule has 0 spiro atoms. The van der Waals surface area contributed by atoms with Crippen molar-refractivity contribution >= 4 is 12.8 Å². The summed E-state index contributed by atoms with van der Waals surface area (Å²) >= 11 is 4.07. The molecule has 1 aliphatic rings. The van der Waals surface area contributed by atoms with Gasteiger partial charge in [-0.25, -0.2) is 4.39 Å². The molecule has 70 valence electrons. The van der Waals surface area contributed by atoms with E-state index in [0.29, 0.717) is 6.04 Å². The molecule has 1 aromatic rings. The van der Waals surface area contributed by atoms with Crippen molar-refractivity contribution in [2.45, 2.75) is 25.8 Å². The number of halogens is 1. The minimum atomic E-state index is -0.129. The largest absolute Gasteiger partial charge is 0.259 e. The van der Waals surface area contributed by atoms with E-state index >= 15 is 0 Å². The number of fused-ring (bicyclic) bond motifs is 1. The first kappa shape index (κ1) is 9.03. The van der Waals surface area contributed by atoms with Crippen molar-refractivity contribution in [2.75, 3.05) is 0 Å². The fourth-order valence-corrected chi connectivity index (χ4v) is 2.36. The summed E-state index contributed by atoms with van der Waals surface area (Å²) in [7, 11) is 0. The normalized spacial score (nSPS) is 20.4. The minimum Gasteiger partial charge on any atom is -0.259 e. The molecule has 0 radical (unpaired) electrons. The van der Waals surface area contributed by atoms with Gasteiger partial charge >= 0.3 is 0 Å². The van der Waals surface area contributed by atoms with Crippen LogP contribution in [0.5, 0.6) is 0 Å². The molecule has 0 heterocycles. The van der Waals surface area contributed by atoms with Crippen molar-refractivity contribution in [1.29, 1.82) is 0 Å². The monoisotopic (exact) mass is 197 g/mol. The van der Waals surface area contributed by atoms with Crippen molar-refractivity contribution in [3.8, 4) is 0 Å². The maximum absolute atomic E-state index is 13.0. The summed E-state index contributed by atoms with van der Waals surface area (Å²) in [6.45, 7) is 1.95. The molecule has 1 aliphatic carbocycles. The number of thiol groups is 1. The van der Waals surface area contributed by atoms with E-state index < -0.39 is 0 Å². The molecule has 1 nitrogen and oxygen atoms in total. The maximum atomic E-state index is 13.0. The predicted octanol–water partition coefficient (Wildman–Crippen LogP) is 2.56. The summed E-state index contributed by atoms with van der Waals surface area (Å²) in [6, 6.07) is 3.51. The molecule has 13 heavy (non-hydrogen) atoms. The standard InChI is InChI=1S/C10H12FNS/c1-6-4-8(11)5-7-2-3-9(12-13)10(6)7/h4-5,9,12-13H,2-3H2,1H3. The van der Waals surface area contributed by atoms with Crippen LogP contribution in [0.3, 0.4) is 0 Å². The van der Waals surface area contributed by atoms with E-state index in [0.717, 1.165) is 24.0 Å². The average Bonchev–Trinajstić information content (AvgIpc) is 2.47.